The van der Waals surface area contributed by atoms with Crippen molar-refractivity contribution in [2.24, 2.45) is 5.41 Å². The van der Waals surface area contributed by atoms with Crippen LogP contribution >= 0.6 is 0 Å². The molecule has 28 heavy (non-hydrogen) atoms. The van der Waals surface area contributed by atoms with E-state index in [9.17, 15) is 18.7 Å². The highest BCUT2D eigenvalue weighted by Crippen LogP contribution is 2.45. The van der Waals surface area contributed by atoms with Gasteiger partial charge in [-0.25, -0.2) is 13.6 Å². The highest BCUT2D eigenvalue weighted by Gasteiger charge is 2.37. The minimum absolute atomic E-state index is 0.129. The van der Waals surface area contributed by atoms with E-state index in [4.69, 9.17) is 4.74 Å². The molecule has 2 aromatic rings. The standard InChI is InChI=1S/C22H25F2NO3/c1-12(2)28-19-6-5-13(10-18(19)24)15-9-14-7-8-22(3,4)20(25-21(26)27)16(14)11-17(15)23/h5-6,9-12,20,25H,7-8H2,1-4H3,(H,26,27)/t20-/m0/s1. The molecule has 4 nitrogen and oxygen atoms in total. The van der Waals surface area contributed by atoms with Gasteiger partial charge < -0.3 is 15.2 Å². The highest BCUT2D eigenvalue weighted by atomic mass is 19.1. The molecule has 0 unspecified atom stereocenters. The summed E-state index contributed by atoms with van der Waals surface area (Å²) in [5, 5.41) is 11.7. The summed E-state index contributed by atoms with van der Waals surface area (Å²) in [5.74, 6) is -0.926. The van der Waals surface area contributed by atoms with Gasteiger partial charge in [-0.1, -0.05) is 19.9 Å². The van der Waals surface area contributed by atoms with Gasteiger partial charge in [-0.15, -0.1) is 0 Å². The van der Waals surface area contributed by atoms with Crippen molar-refractivity contribution >= 4 is 6.09 Å². The second kappa shape index (κ2) is 7.41. The van der Waals surface area contributed by atoms with E-state index < -0.39 is 23.8 Å². The van der Waals surface area contributed by atoms with Crippen LogP contribution in [-0.4, -0.2) is 17.3 Å². The van der Waals surface area contributed by atoms with E-state index >= 15 is 0 Å². The van der Waals surface area contributed by atoms with E-state index in [1.54, 1.807) is 26.0 Å². The molecule has 0 bridgehead atoms. The Morgan fingerprint density at radius 2 is 1.93 bits per heavy atom. The summed E-state index contributed by atoms with van der Waals surface area (Å²) in [6, 6.07) is 6.97. The van der Waals surface area contributed by atoms with Crippen LogP contribution in [0, 0.1) is 17.0 Å². The van der Waals surface area contributed by atoms with Gasteiger partial charge in [-0.05, 0) is 73.1 Å². The first-order valence-corrected chi connectivity index (χ1v) is 9.37. The van der Waals surface area contributed by atoms with Gasteiger partial charge >= 0.3 is 6.09 Å². The molecule has 0 spiro atoms. The summed E-state index contributed by atoms with van der Waals surface area (Å²) in [4.78, 5) is 11.2. The van der Waals surface area contributed by atoms with Gasteiger partial charge in [0, 0.05) is 5.56 Å². The molecule has 2 aromatic carbocycles. The first kappa shape index (κ1) is 20.1. The number of rotatable bonds is 4. The molecule has 6 heteroatoms. The van der Waals surface area contributed by atoms with Crippen LogP contribution in [0.25, 0.3) is 11.1 Å². The Balaban J connectivity index is 2.02. The predicted molar refractivity (Wildman–Crippen MR) is 104 cm³/mol. The number of carboxylic acid groups (broad SMARTS) is 1. The van der Waals surface area contributed by atoms with Gasteiger partial charge in [0.25, 0.3) is 0 Å². The average molecular weight is 389 g/mol. The van der Waals surface area contributed by atoms with Gasteiger partial charge in [0.2, 0.25) is 0 Å². The van der Waals surface area contributed by atoms with E-state index in [0.717, 1.165) is 12.0 Å². The van der Waals surface area contributed by atoms with Crippen molar-refractivity contribution in [1.29, 1.82) is 0 Å². The molecule has 0 heterocycles. The van der Waals surface area contributed by atoms with Crippen molar-refractivity contribution in [2.45, 2.75) is 52.7 Å². The van der Waals surface area contributed by atoms with Gasteiger partial charge in [0.15, 0.2) is 11.6 Å². The summed E-state index contributed by atoms with van der Waals surface area (Å²) in [6.45, 7) is 7.54. The largest absolute Gasteiger partial charge is 0.488 e. The smallest absolute Gasteiger partial charge is 0.405 e. The molecule has 0 aliphatic heterocycles. The Hall–Kier alpha value is -2.63. The molecule has 150 valence electrons. The number of nitrogens with one attached hydrogen (secondary N) is 1. The highest BCUT2D eigenvalue weighted by molar-refractivity contribution is 5.69. The van der Waals surface area contributed by atoms with E-state index in [0.29, 0.717) is 23.1 Å². The maximum atomic E-state index is 14.9. The molecule has 1 aliphatic rings. The molecular weight excluding hydrogens is 364 g/mol. The van der Waals surface area contributed by atoms with Crippen LogP contribution < -0.4 is 10.1 Å². The zero-order valence-electron chi connectivity index (χ0n) is 16.5. The maximum absolute atomic E-state index is 14.9. The Morgan fingerprint density at radius 1 is 1.21 bits per heavy atom. The number of amides is 1. The molecular formula is C22H25F2NO3. The predicted octanol–water partition coefficient (Wildman–Crippen LogP) is 5.70. The monoisotopic (exact) mass is 389 g/mol. The molecule has 3 rings (SSSR count). The molecule has 1 atom stereocenters. The lowest BCUT2D eigenvalue weighted by atomic mass is 9.70. The summed E-state index contributed by atoms with van der Waals surface area (Å²) < 4.78 is 34.7. The zero-order chi connectivity index (χ0) is 20.6. The SMILES string of the molecule is CC(C)Oc1ccc(-c2cc3c(cc2F)[C@H](NC(=O)O)C(C)(C)CC3)cc1F. The summed E-state index contributed by atoms with van der Waals surface area (Å²) in [7, 11) is 0. The minimum atomic E-state index is -1.14. The number of halogens is 2. The second-order valence-corrected chi connectivity index (χ2v) is 8.21. The molecule has 0 saturated carbocycles. The number of carbonyl (C=O) groups is 1. The Morgan fingerprint density at radius 3 is 2.54 bits per heavy atom. The summed E-state index contributed by atoms with van der Waals surface area (Å²) in [5.41, 5.74) is 1.89. The lowest BCUT2D eigenvalue weighted by Gasteiger charge is -2.40. The molecule has 1 aliphatic carbocycles. The van der Waals surface area contributed by atoms with E-state index in [1.807, 2.05) is 13.8 Å². The Labute approximate surface area is 163 Å². The van der Waals surface area contributed by atoms with Crippen LogP contribution in [0.5, 0.6) is 5.75 Å². The van der Waals surface area contributed by atoms with E-state index in [2.05, 4.69) is 5.32 Å². The van der Waals surface area contributed by atoms with Crippen molar-refractivity contribution in [3.63, 3.8) is 0 Å². The van der Waals surface area contributed by atoms with Crippen molar-refractivity contribution in [3.05, 3.63) is 53.1 Å². The number of fused-ring (bicyclic) bond motifs is 1. The van der Waals surface area contributed by atoms with Gasteiger partial charge in [0.05, 0.1) is 12.1 Å². The number of ether oxygens (including phenoxy) is 1. The third-order valence-electron chi connectivity index (χ3n) is 5.23. The molecule has 0 aromatic heterocycles. The number of benzene rings is 2. The molecule has 0 saturated heterocycles. The van der Waals surface area contributed by atoms with Gasteiger partial charge in [-0.3, -0.25) is 0 Å². The minimum Gasteiger partial charge on any atom is -0.488 e. The quantitative estimate of drug-likeness (QED) is 0.705. The molecule has 0 radical (unpaired) electrons. The van der Waals surface area contributed by atoms with Crippen molar-refractivity contribution in [1.82, 2.24) is 5.32 Å². The fourth-order valence-corrected chi connectivity index (χ4v) is 3.78. The third kappa shape index (κ3) is 3.96. The normalized spacial score (nSPS) is 17.9. The lowest BCUT2D eigenvalue weighted by Crippen LogP contribution is -2.40. The first-order chi connectivity index (χ1) is 13.1. The third-order valence-corrected chi connectivity index (χ3v) is 5.23. The number of aryl methyl sites for hydroxylation is 1. The van der Waals surface area contributed by atoms with Crippen LogP contribution in [0.4, 0.5) is 13.6 Å². The fraction of sp³-hybridized carbons (Fsp3) is 0.409. The van der Waals surface area contributed by atoms with E-state index in [-0.39, 0.29) is 17.3 Å². The average Bonchev–Trinajstić information content (AvgIpc) is 2.59. The van der Waals surface area contributed by atoms with Crippen LogP contribution in [0.2, 0.25) is 0 Å². The number of hydrogen-bond acceptors (Lipinski definition) is 2. The van der Waals surface area contributed by atoms with Gasteiger partial charge in [0.1, 0.15) is 5.82 Å². The van der Waals surface area contributed by atoms with Crippen LogP contribution in [0.1, 0.15) is 51.3 Å². The van der Waals surface area contributed by atoms with Crippen molar-refractivity contribution in [3.8, 4) is 16.9 Å². The zero-order valence-corrected chi connectivity index (χ0v) is 16.5. The fourth-order valence-electron chi connectivity index (χ4n) is 3.78. The molecule has 2 N–H and O–H groups in total. The molecule has 1 amide bonds. The van der Waals surface area contributed by atoms with Crippen LogP contribution in [-0.2, 0) is 6.42 Å². The Bertz CT molecular complexity index is 909. The molecule has 0 fully saturated rings. The number of hydrogen-bond donors (Lipinski definition) is 2. The maximum Gasteiger partial charge on any atom is 0.405 e. The van der Waals surface area contributed by atoms with Gasteiger partial charge in [-0.2, -0.15) is 0 Å². The summed E-state index contributed by atoms with van der Waals surface area (Å²) in [6.07, 6.45) is 0.150. The second-order valence-electron chi connectivity index (χ2n) is 8.21. The van der Waals surface area contributed by atoms with Crippen LogP contribution in [0.3, 0.4) is 0 Å². The Kier molecular flexibility index (Phi) is 5.33. The first-order valence-electron chi connectivity index (χ1n) is 9.37. The van der Waals surface area contributed by atoms with E-state index in [1.165, 1.54) is 18.2 Å². The van der Waals surface area contributed by atoms with Crippen molar-refractivity contribution in [2.75, 3.05) is 0 Å². The lowest BCUT2D eigenvalue weighted by molar-refractivity contribution is 0.161. The van der Waals surface area contributed by atoms with Crippen LogP contribution in [0.15, 0.2) is 30.3 Å². The summed E-state index contributed by atoms with van der Waals surface area (Å²) >= 11 is 0. The topological polar surface area (TPSA) is 58.6 Å². The van der Waals surface area contributed by atoms with Crippen molar-refractivity contribution < 1.29 is 23.4 Å².